The normalized spacial score (nSPS) is 35.7. The van der Waals surface area contributed by atoms with Gasteiger partial charge in [0.25, 0.3) is 5.91 Å². The second-order valence-corrected chi connectivity index (χ2v) is 7.80. The zero-order valence-electron chi connectivity index (χ0n) is 14.2. The summed E-state index contributed by atoms with van der Waals surface area (Å²) in [6.45, 7) is 4.06. The lowest BCUT2D eigenvalue weighted by molar-refractivity contribution is -0.160. The molecule has 0 N–H and O–H groups in total. The van der Waals surface area contributed by atoms with E-state index in [-0.39, 0.29) is 29.9 Å². The molecule has 3 unspecified atom stereocenters. The van der Waals surface area contributed by atoms with Crippen LogP contribution < -0.4 is 0 Å². The minimum atomic E-state index is -1.66. The third-order valence-electron chi connectivity index (χ3n) is 6.11. The Balaban J connectivity index is 1.40. The number of morpholine rings is 1. The Kier molecular flexibility index (Phi) is 4.03. The molecular weight excluding hydrogens is 313 g/mol. The van der Waals surface area contributed by atoms with Crippen LogP contribution in [0.25, 0.3) is 0 Å². The van der Waals surface area contributed by atoms with E-state index in [1.54, 1.807) is 4.90 Å². The van der Waals surface area contributed by atoms with Gasteiger partial charge in [-0.25, -0.2) is 4.39 Å². The molecule has 0 aromatic rings. The smallest absolute Gasteiger partial charge is 0.260 e. The van der Waals surface area contributed by atoms with Crippen LogP contribution in [0.4, 0.5) is 4.39 Å². The van der Waals surface area contributed by atoms with Gasteiger partial charge in [0.2, 0.25) is 5.91 Å². The molecule has 0 spiro atoms. The van der Waals surface area contributed by atoms with Crippen LogP contribution in [0.3, 0.4) is 0 Å². The summed E-state index contributed by atoms with van der Waals surface area (Å²) in [6.07, 6.45) is 1.70. The van der Waals surface area contributed by atoms with E-state index in [4.69, 9.17) is 4.74 Å². The summed E-state index contributed by atoms with van der Waals surface area (Å²) in [4.78, 5) is 31.0. The highest BCUT2D eigenvalue weighted by Crippen LogP contribution is 2.40. The third-order valence-corrected chi connectivity index (χ3v) is 6.11. The molecule has 3 heterocycles. The number of hydrogen-bond acceptors (Lipinski definition) is 4. The Morgan fingerprint density at radius 2 is 1.79 bits per heavy atom. The van der Waals surface area contributed by atoms with Crippen molar-refractivity contribution in [2.24, 2.45) is 5.92 Å². The van der Waals surface area contributed by atoms with E-state index in [0.29, 0.717) is 32.4 Å². The largest absolute Gasteiger partial charge is 0.370 e. The minimum absolute atomic E-state index is 0.127. The second-order valence-electron chi connectivity index (χ2n) is 7.80. The first-order valence-electron chi connectivity index (χ1n) is 9.07. The highest BCUT2D eigenvalue weighted by molar-refractivity contribution is 5.86. The Hall–Kier alpha value is -1.21. The fraction of sp³-hybridized carbons (Fsp3) is 0.882. The van der Waals surface area contributed by atoms with Crippen LogP contribution in [0.2, 0.25) is 0 Å². The molecular formula is C17H26FN3O3. The topological polar surface area (TPSA) is 53.1 Å². The van der Waals surface area contributed by atoms with E-state index in [0.717, 1.165) is 32.6 Å². The molecule has 6 nitrogen and oxygen atoms in total. The number of rotatable bonds is 2. The Labute approximate surface area is 141 Å². The standard InChI is InChI=1S/C17H26FN3O3/c1-19-5-7-20(8-6-19)15(22)13-9-12-10-21(11-14(13)24-12)16(23)17(18)3-2-4-17/h12-14H,2-11H2,1H3. The summed E-state index contributed by atoms with van der Waals surface area (Å²) in [5, 5.41) is 0. The van der Waals surface area contributed by atoms with Crippen LogP contribution in [-0.2, 0) is 14.3 Å². The van der Waals surface area contributed by atoms with Gasteiger partial charge in [0.1, 0.15) is 0 Å². The van der Waals surface area contributed by atoms with E-state index in [9.17, 15) is 14.0 Å². The fourth-order valence-electron chi connectivity index (χ4n) is 4.33. The van der Waals surface area contributed by atoms with Crippen molar-refractivity contribution in [3.63, 3.8) is 0 Å². The van der Waals surface area contributed by atoms with Gasteiger partial charge in [-0.15, -0.1) is 0 Å². The van der Waals surface area contributed by atoms with Crippen molar-refractivity contribution in [1.82, 2.24) is 14.7 Å². The monoisotopic (exact) mass is 339 g/mol. The van der Waals surface area contributed by atoms with Gasteiger partial charge >= 0.3 is 0 Å². The van der Waals surface area contributed by atoms with Crippen molar-refractivity contribution in [3.8, 4) is 0 Å². The molecule has 0 aromatic heterocycles. The number of likely N-dealkylation sites (N-methyl/N-ethyl adjacent to an activating group) is 1. The maximum atomic E-state index is 14.4. The molecule has 1 aliphatic carbocycles. The number of fused-ring (bicyclic) bond motifs is 2. The number of ether oxygens (including phenoxy) is 1. The first-order valence-corrected chi connectivity index (χ1v) is 9.07. The number of nitrogens with zero attached hydrogens (tertiary/aromatic N) is 3. The first-order chi connectivity index (χ1) is 11.5. The lowest BCUT2D eigenvalue weighted by Crippen LogP contribution is -2.56. The molecule has 3 atom stereocenters. The molecule has 4 rings (SSSR count). The van der Waals surface area contributed by atoms with Crippen LogP contribution in [0.1, 0.15) is 25.7 Å². The van der Waals surface area contributed by atoms with Gasteiger partial charge in [-0.3, -0.25) is 9.59 Å². The summed E-state index contributed by atoms with van der Waals surface area (Å²) >= 11 is 0. The van der Waals surface area contributed by atoms with Crippen LogP contribution in [-0.4, -0.2) is 90.7 Å². The van der Waals surface area contributed by atoms with Crippen LogP contribution >= 0.6 is 0 Å². The summed E-state index contributed by atoms with van der Waals surface area (Å²) in [7, 11) is 2.06. The molecule has 134 valence electrons. The van der Waals surface area contributed by atoms with Crippen LogP contribution in [0.5, 0.6) is 0 Å². The number of amides is 2. The molecule has 2 amide bonds. The molecule has 0 radical (unpaired) electrons. The van der Waals surface area contributed by atoms with E-state index in [1.165, 1.54) is 0 Å². The molecule has 3 aliphatic heterocycles. The van der Waals surface area contributed by atoms with Crippen molar-refractivity contribution in [2.75, 3.05) is 46.3 Å². The minimum Gasteiger partial charge on any atom is -0.370 e. The predicted molar refractivity (Wildman–Crippen MR) is 85.1 cm³/mol. The highest BCUT2D eigenvalue weighted by Gasteiger charge is 2.52. The maximum absolute atomic E-state index is 14.4. The molecule has 1 saturated carbocycles. The number of carbonyl (C=O) groups is 2. The van der Waals surface area contributed by atoms with Crippen molar-refractivity contribution in [3.05, 3.63) is 0 Å². The lowest BCUT2D eigenvalue weighted by Gasteiger charge is -2.40. The van der Waals surface area contributed by atoms with Gasteiger partial charge in [0.05, 0.1) is 18.1 Å². The molecule has 2 bridgehead atoms. The Bertz CT molecular complexity index is 531. The van der Waals surface area contributed by atoms with E-state index >= 15 is 0 Å². The number of halogens is 1. The summed E-state index contributed by atoms with van der Waals surface area (Å²) in [6, 6.07) is 0. The highest BCUT2D eigenvalue weighted by atomic mass is 19.1. The summed E-state index contributed by atoms with van der Waals surface area (Å²) < 4.78 is 20.3. The average Bonchev–Trinajstić information content (AvgIpc) is 2.86. The average molecular weight is 339 g/mol. The van der Waals surface area contributed by atoms with Crippen molar-refractivity contribution in [1.29, 1.82) is 0 Å². The fourth-order valence-corrected chi connectivity index (χ4v) is 4.33. The zero-order chi connectivity index (χ0) is 16.9. The van der Waals surface area contributed by atoms with Gasteiger partial charge < -0.3 is 19.4 Å². The van der Waals surface area contributed by atoms with E-state index in [1.807, 2.05) is 4.90 Å². The second kappa shape index (κ2) is 5.95. The van der Waals surface area contributed by atoms with Gasteiger partial charge in [0.15, 0.2) is 5.67 Å². The van der Waals surface area contributed by atoms with E-state index in [2.05, 4.69) is 11.9 Å². The van der Waals surface area contributed by atoms with Crippen LogP contribution in [0, 0.1) is 5.92 Å². The summed E-state index contributed by atoms with van der Waals surface area (Å²) in [5.74, 6) is -0.434. The molecule has 4 aliphatic rings. The molecule has 7 heteroatoms. The van der Waals surface area contributed by atoms with Crippen molar-refractivity contribution in [2.45, 2.75) is 43.6 Å². The molecule has 24 heavy (non-hydrogen) atoms. The Morgan fingerprint density at radius 3 is 2.42 bits per heavy atom. The number of alkyl halides is 1. The first kappa shape index (κ1) is 16.3. The van der Waals surface area contributed by atoms with E-state index < -0.39 is 5.67 Å². The van der Waals surface area contributed by atoms with Crippen LogP contribution in [0.15, 0.2) is 0 Å². The van der Waals surface area contributed by atoms with Gasteiger partial charge in [-0.1, -0.05) is 0 Å². The van der Waals surface area contributed by atoms with Gasteiger partial charge in [-0.05, 0) is 32.7 Å². The van der Waals surface area contributed by atoms with Crippen molar-refractivity contribution >= 4 is 11.8 Å². The lowest BCUT2D eigenvalue weighted by atomic mass is 9.81. The quantitative estimate of drug-likeness (QED) is 0.725. The molecule has 4 fully saturated rings. The SMILES string of the molecule is CN1CCN(C(=O)C2CC3CN(C(=O)C4(F)CCC4)CC2O3)CC1. The van der Waals surface area contributed by atoms with Gasteiger partial charge in [0, 0.05) is 39.3 Å². The third kappa shape index (κ3) is 2.71. The zero-order valence-corrected chi connectivity index (χ0v) is 14.2. The molecule has 0 aromatic carbocycles. The number of likely N-dealkylation sites (tertiary alicyclic amines) is 1. The molecule has 3 saturated heterocycles. The number of carbonyl (C=O) groups excluding carboxylic acids is 2. The van der Waals surface area contributed by atoms with Gasteiger partial charge in [-0.2, -0.15) is 0 Å². The summed E-state index contributed by atoms with van der Waals surface area (Å²) in [5.41, 5.74) is -1.66. The Morgan fingerprint density at radius 1 is 1.08 bits per heavy atom. The van der Waals surface area contributed by atoms with Crippen molar-refractivity contribution < 1.29 is 18.7 Å². The predicted octanol–water partition coefficient (Wildman–Crippen LogP) is 0.269. The number of piperazine rings is 1. The maximum Gasteiger partial charge on any atom is 0.260 e. The number of hydrogen-bond donors (Lipinski definition) is 0.